The predicted molar refractivity (Wildman–Crippen MR) is 125 cm³/mol. The zero-order chi connectivity index (χ0) is 31.8. The van der Waals surface area contributed by atoms with Crippen LogP contribution in [0.4, 0.5) is 52.7 Å². The molecule has 2 nitrogen and oxygen atoms in total. The molecule has 0 N–H and O–H groups in total. The Morgan fingerprint density at radius 2 is 0.643 bits per heavy atom. The fourth-order valence-corrected chi connectivity index (χ4v) is 5.45. The first-order valence-corrected chi connectivity index (χ1v) is 12.7. The molecule has 42 heavy (non-hydrogen) atoms. The van der Waals surface area contributed by atoms with Crippen LogP contribution >= 0.6 is 0 Å². The quantitative estimate of drug-likeness (QED) is 0.252. The van der Waals surface area contributed by atoms with E-state index in [1.807, 2.05) is 0 Å². The molecule has 2 aliphatic rings. The van der Waals surface area contributed by atoms with Crippen LogP contribution in [0.25, 0.3) is 0 Å². The van der Waals surface area contributed by atoms with Gasteiger partial charge in [0.05, 0.1) is 33.1 Å². The predicted octanol–water partition coefficient (Wildman–Crippen LogP) is 9.47. The highest BCUT2D eigenvalue weighted by atomic mass is 19.4. The summed E-state index contributed by atoms with van der Waals surface area (Å²) in [6, 6.07) is 2.81. The van der Waals surface area contributed by atoms with E-state index in [-0.39, 0.29) is 48.9 Å². The molecular formula is C28H24F12O2. The number of aldehydes is 2. The zero-order valence-electron chi connectivity index (χ0n) is 21.6. The lowest BCUT2D eigenvalue weighted by molar-refractivity contribution is -0.144. The molecular weight excluding hydrogens is 596 g/mol. The van der Waals surface area contributed by atoms with Crippen molar-refractivity contribution in [2.24, 2.45) is 0 Å². The summed E-state index contributed by atoms with van der Waals surface area (Å²) in [4.78, 5) is 22.6. The number of benzene rings is 2. The highest BCUT2D eigenvalue weighted by molar-refractivity contribution is 5.70. The summed E-state index contributed by atoms with van der Waals surface area (Å²) in [7, 11) is 0. The Labute approximate surface area is 232 Å². The molecule has 2 aromatic carbocycles. The van der Waals surface area contributed by atoms with Crippen LogP contribution in [0.1, 0.15) is 84.7 Å². The Morgan fingerprint density at radius 3 is 0.810 bits per heavy atom. The maximum Gasteiger partial charge on any atom is 0.416 e. The summed E-state index contributed by atoms with van der Waals surface area (Å²) in [6.45, 7) is 0. The second-order valence-corrected chi connectivity index (χ2v) is 10.6. The van der Waals surface area contributed by atoms with E-state index in [1.54, 1.807) is 0 Å². The molecule has 2 saturated carbocycles. The van der Waals surface area contributed by atoms with Crippen molar-refractivity contribution >= 4 is 12.6 Å². The van der Waals surface area contributed by atoms with Gasteiger partial charge < -0.3 is 9.59 Å². The lowest BCUT2D eigenvalue weighted by Gasteiger charge is -2.25. The van der Waals surface area contributed by atoms with Gasteiger partial charge in [-0.15, -0.1) is 0 Å². The molecule has 0 radical (unpaired) electrons. The largest absolute Gasteiger partial charge is 0.416 e. The van der Waals surface area contributed by atoms with Gasteiger partial charge in [-0.25, -0.2) is 0 Å². The lowest BCUT2D eigenvalue weighted by Crippen LogP contribution is -2.25. The van der Waals surface area contributed by atoms with Crippen molar-refractivity contribution in [1.29, 1.82) is 0 Å². The summed E-state index contributed by atoms with van der Waals surface area (Å²) < 4.78 is 154. The molecule has 0 spiro atoms. The first-order chi connectivity index (χ1) is 19.2. The number of hydrogen-bond donors (Lipinski definition) is 0. The van der Waals surface area contributed by atoms with Gasteiger partial charge in [-0.05, 0) is 73.2 Å². The third-order valence-corrected chi connectivity index (χ3v) is 7.77. The van der Waals surface area contributed by atoms with Crippen molar-refractivity contribution in [1.82, 2.24) is 0 Å². The van der Waals surface area contributed by atoms with Crippen LogP contribution in [0.2, 0.25) is 0 Å². The van der Waals surface area contributed by atoms with E-state index < -0.39 is 57.8 Å². The van der Waals surface area contributed by atoms with Crippen LogP contribution in [0, 0.1) is 0 Å². The Balaban J connectivity index is 0.000000230. The van der Waals surface area contributed by atoms with Gasteiger partial charge >= 0.3 is 24.7 Å². The summed E-state index contributed by atoms with van der Waals surface area (Å²) in [6.07, 6.45) is -15.1. The summed E-state index contributed by atoms with van der Waals surface area (Å²) in [5.41, 5.74) is -8.36. The third kappa shape index (κ3) is 7.28. The molecule has 0 heterocycles. The highest BCUT2D eigenvalue weighted by Crippen LogP contribution is 2.45. The molecule has 2 fully saturated rings. The molecule has 0 unspecified atom stereocenters. The number of alkyl halides is 12. The van der Waals surface area contributed by atoms with Crippen molar-refractivity contribution in [3.8, 4) is 0 Å². The number of carbonyl (C=O) groups excluding carboxylic acids is 2. The molecule has 2 aliphatic carbocycles. The third-order valence-electron chi connectivity index (χ3n) is 7.77. The van der Waals surface area contributed by atoms with E-state index >= 15 is 0 Å². The molecule has 232 valence electrons. The zero-order valence-corrected chi connectivity index (χ0v) is 21.6. The monoisotopic (exact) mass is 620 g/mol. The molecule has 14 heteroatoms. The average Bonchev–Trinajstić information content (AvgIpc) is 3.58. The van der Waals surface area contributed by atoms with Gasteiger partial charge in [-0.1, -0.05) is 25.7 Å². The van der Waals surface area contributed by atoms with Crippen LogP contribution in [-0.2, 0) is 45.1 Å². The smallest absolute Gasteiger partial charge is 0.302 e. The molecule has 4 rings (SSSR count). The summed E-state index contributed by atoms with van der Waals surface area (Å²) >= 11 is 0. The van der Waals surface area contributed by atoms with Crippen molar-refractivity contribution in [3.63, 3.8) is 0 Å². The van der Waals surface area contributed by atoms with Crippen LogP contribution < -0.4 is 0 Å². The maximum absolute atomic E-state index is 12.8. The molecule has 0 amide bonds. The molecule has 0 aliphatic heterocycles. The second kappa shape index (κ2) is 11.6. The van der Waals surface area contributed by atoms with Gasteiger partial charge in [-0.2, -0.15) is 52.7 Å². The van der Waals surface area contributed by atoms with E-state index in [0.29, 0.717) is 62.5 Å². The summed E-state index contributed by atoms with van der Waals surface area (Å²) in [5.74, 6) is 0. The fraction of sp³-hybridized carbons (Fsp3) is 0.500. The normalized spacial score (nSPS) is 18.8. The molecule has 2 aromatic rings. The number of carbonyl (C=O) groups is 2. The standard InChI is InChI=1S/2C14H12F6O/c2*15-13(16,17)10-5-9(6-11(7-10)14(18,19)20)12(8-21)3-1-2-4-12/h2*5-8H,1-4H2. The first-order valence-electron chi connectivity index (χ1n) is 12.7. The topological polar surface area (TPSA) is 34.1 Å². The number of halogens is 12. The van der Waals surface area contributed by atoms with E-state index in [1.165, 1.54) is 0 Å². The van der Waals surface area contributed by atoms with Crippen molar-refractivity contribution in [2.75, 3.05) is 0 Å². The van der Waals surface area contributed by atoms with E-state index in [4.69, 9.17) is 0 Å². The van der Waals surface area contributed by atoms with Gasteiger partial charge in [0.2, 0.25) is 0 Å². The lowest BCUT2D eigenvalue weighted by atomic mass is 9.79. The molecule has 0 saturated heterocycles. The van der Waals surface area contributed by atoms with E-state index in [9.17, 15) is 62.3 Å². The van der Waals surface area contributed by atoms with E-state index in [0.717, 1.165) is 0 Å². The van der Waals surface area contributed by atoms with Crippen LogP contribution in [0.15, 0.2) is 36.4 Å². The van der Waals surface area contributed by atoms with Crippen LogP contribution in [-0.4, -0.2) is 12.6 Å². The SMILES string of the molecule is O=CC1(c2cc(C(F)(F)F)cc(C(F)(F)F)c2)CCCC1.O=CC1(c2cc(C(F)(F)F)cc(C(F)(F)F)c2)CCCC1. The Bertz CT molecular complexity index is 1110. The Morgan fingerprint density at radius 1 is 0.429 bits per heavy atom. The summed E-state index contributed by atoms with van der Waals surface area (Å²) in [5, 5.41) is 0. The van der Waals surface area contributed by atoms with Crippen LogP contribution in [0.5, 0.6) is 0 Å². The van der Waals surface area contributed by atoms with Crippen molar-refractivity contribution in [2.45, 2.75) is 86.9 Å². The average molecular weight is 620 g/mol. The van der Waals surface area contributed by atoms with Gasteiger partial charge in [0, 0.05) is 0 Å². The molecule has 0 atom stereocenters. The second-order valence-electron chi connectivity index (χ2n) is 10.6. The molecule has 0 aromatic heterocycles. The van der Waals surface area contributed by atoms with Crippen molar-refractivity contribution < 1.29 is 62.3 Å². The highest BCUT2D eigenvalue weighted by Gasteiger charge is 2.43. The minimum absolute atomic E-state index is 0.0803. The minimum atomic E-state index is -4.89. The van der Waals surface area contributed by atoms with Gasteiger partial charge in [0.1, 0.15) is 12.6 Å². The number of rotatable bonds is 4. The van der Waals surface area contributed by atoms with Gasteiger partial charge in [0.25, 0.3) is 0 Å². The minimum Gasteiger partial charge on any atom is -0.302 e. The maximum atomic E-state index is 12.8. The van der Waals surface area contributed by atoms with Crippen molar-refractivity contribution in [3.05, 3.63) is 69.8 Å². The molecule has 0 bridgehead atoms. The van der Waals surface area contributed by atoms with E-state index in [2.05, 4.69) is 0 Å². The van der Waals surface area contributed by atoms with Crippen LogP contribution in [0.3, 0.4) is 0 Å². The fourth-order valence-electron chi connectivity index (χ4n) is 5.45. The Kier molecular flexibility index (Phi) is 9.20. The van der Waals surface area contributed by atoms with Gasteiger partial charge in [-0.3, -0.25) is 0 Å². The first kappa shape index (κ1) is 33.4. The number of hydrogen-bond acceptors (Lipinski definition) is 2. The Hall–Kier alpha value is -3.06. The van der Waals surface area contributed by atoms with Gasteiger partial charge in [0.15, 0.2) is 0 Å².